The Kier molecular flexibility index (Phi) is 3.55. The number of carboxylic acids is 1. The summed E-state index contributed by atoms with van der Waals surface area (Å²) in [5.41, 5.74) is 3.00. The molecule has 0 amide bonds. The lowest BCUT2D eigenvalue weighted by molar-refractivity contribution is 0.0697. The van der Waals surface area contributed by atoms with E-state index in [0.29, 0.717) is 11.6 Å². The third-order valence-electron chi connectivity index (χ3n) is 3.70. The van der Waals surface area contributed by atoms with Crippen molar-refractivity contribution in [3.05, 3.63) is 63.9 Å². The third kappa shape index (κ3) is 2.72. The molecule has 0 aliphatic carbocycles. The molecule has 0 radical (unpaired) electrons. The molecule has 0 saturated carbocycles. The SMILES string of the molecule is O=C(O)c1ccc(CN2CCc3ccc(F)cc32)c(Cl)c1. The van der Waals surface area contributed by atoms with Crippen molar-refractivity contribution in [3.63, 3.8) is 0 Å². The second-order valence-corrected chi connectivity index (χ2v) is 5.46. The average Bonchev–Trinajstić information content (AvgIpc) is 2.83. The number of carboxylic acid groups (broad SMARTS) is 1. The number of rotatable bonds is 3. The van der Waals surface area contributed by atoms with Crippen LogP contribution in [-0.4, -0.2) is 17.6 Å². The second-order valence-electron chi connectivity index (χ2n) is 5.06. The number of fused-ring (bicyclic) bond motifs is 1. The van der Waals surface area contributed by atoms with E-state index in [-0.39, 0.29) is 11.4 Å². The highest BCUT2D eigenvalue weighted by atomic mass is 35.5. The molecule has 3 nitrogen and oxygen atoms in total. The molecule has 21 heavy (non-hydrogen) atoms. The smallest absolute Gasteiger partial charge is 0.335 e. The zero-order chi connectivity index (χ0) is 15.0. The van der Waals surface area contributed by atoms with Gasteiger partial charge in [-0.1, -0.05) is 23.7 Å². The average molecular weight is 306 g/mol. The summed E-state index contributed by atoms with van der Waals surface area (Å²) in [4.78, 5) is 13.0. The zero-order valence-electron chi connectivity index (χ0n) is 11.1. The van der Waals surface area contributed by atoms with Gasteiger partial charge in [0.25, 0.3) is 0 Å². The van der Waals surface area contributed by atoms with Gasteiger partial charge in [0.05, 0.1) is 5.56 Å². The highest BCUT2D eigenvalue weighted by Gasteiger charge is 2.20. The van der Waals surface area contributed by atoms with Gasteiger partial charge >= 0.3 is 5.97 Å². The molecule has 0 saturated heterocycles. The van der Waals surface area contributed by atoms with Crippen LogP contribution in [0.15, 0.2) is 36.4 Å². The lowest BCUT2D eigenvalue weighted by Crippen LogP contribution is -2.20. The number of hydrogen-bond acceptors (Lipinski definition) is 2. The quantitative estimate of drug-likeness (QED) is 0.939. The molecule has 0 unspecified atom stereocenters. The Labute approximate surface area is 126 Å². The van der Waals surface area contributed by atoms with Crippen molar-refractivity contribution in [2.75, 3.05) is 11.4 Å². The first-order chi connectivity index (χ1) is 10.0. The number of nitrogens with zero attached hydrogens (tertiary/aromatic N) is 1. The van der Waals surface area contributed by atoms with E-state index in [2.05, 4.69) is 4.90 Å². The monoisotopic (exact) mass is 305 g/mol. The summed E-state index contributed by atoms with van der Waals surface area (Å²) in [5, 5.41) is 9.35. The Hall–Kier alpha value is -2.07. The van der Waals surface area contributed by atoms with E-state index in [9.17, 15) is 9.18 Å². The van der Waals surface area contributed by atoms with Crippen molar-refractivity contribution in [1.82, 2.24) is 0 Å². The highest BCUT2D eigenvalue weighted by Crippen LogP contribution is 2.31. The predicted molar refractivity (Wildman–Crippen MR) is 79.6 cm³/mol. The highest BCUT2D eigenvalue weighted by molar-refractivity contribution is 6.31. The van der Waals surface area contributed by atoms with Crippen molar-refractivity contribution >= 4 is 23.3 Å². The standard InChI is InChI=1S/C16H13ClFNO2/c17-14-7-11(16(20)21)1-2-12(14)9-19-6-5-10-3-4-13(18)8-15(10)19/h1-4,7-8H,5-6,9H2,(H,20,21). The molecule has 1 heterocycles. The molecule has 0 fully saturated rings. The van der Waals surface area contributed by atoms with Gasteiger partial charge in [-0.3, -0.25) is 0 Å². The fourth-order valence-corrected chi connectivity index (χ4v) is 2.84. The summed E-state index contributed by atoms with van der Waals surface area (Å²) in [6.07, 6.45) is 0.875. The topological polar surface area (TPSA) is 40.5 Å². The number of aromatic carboxylic acids is 1. The Balaban J connectivity index is 1.86. The van der Waals surface area contributed by atoms with Crippen LogP contribution in [0.1, 0.15) is 21.5 Å². The maximum Gasteiger partial charge on any atom is 0.335 e. The minimum Gasteiger partial charge on any atom is -0.478 e. The van der Waals surface area contributed by atoms with Crippen LogP contribution in [0.4, 0.5) is 10.1 Å². The molecule has 1 aliphatic heterocycles. The molecule has 2 aromatic carbocycles. The number of anilines is 1. The molecule has 5 heteroatoms. The fraction of sp³-hybridized carbons (Fsp3) is 0.188. The van der Waals surface area contributed by atoms with Gasteiger partial charge < -0.3 is 10.0 Å². The summed E-state index contributed by atoms with van der Waals surface area (Å²) in [5.74, 6) is -1.26. The van der Waals surface area contributed by atoms with E-state index in [1.54, 1.807) is 12.1 Å². The van der Waals surface area contributed by atoms with E-state index >= 15 is 0 Å². The lowest BCUT2D eigenvalue weighted by Gasteiger charge is -2.20. The van der Waals surface area contributed by atoms with Crippen molar-refractivity contribution < 1.29 is 14.3 Å². The molecule has 108 valence electrons. The third-order valence-corrected chi connectivity index (χ3v) is 4.05. The molecular weight excluding hydrogens is 293 g/mol. The molecular formula is C16H13ClFNO2. The Morgan fingerprint density at radius 1 is 1.29 bits per heavy atom. The second kappa shape index (κ2) is 5.37. The minimum atomic E-state index is -1.00. The van der Waals surface area contributed by atoms with Gasteiger partial charge in [0.2, 0.25) is 0 Å². The first kappa shape index (κ1) is 13.9. The number of halogens is 2. The lowest BCUT2D eigenvalue weighted by atomic mass is 10.1. The summed E-state index contributed by atoms with van der Waals surface area (Å²) in [6, 6.07) is 9.50. The van der Waals surface area contributed by atoms with Crippen molar-refractivity contribution in [2.24, 2.45) is 0 Å². The Bertz CT molecular complexity index is 717. The maximum atomic E-state index is 13.4. The summed E-state index contributed by atoms with van der Waals surface area (Å²) >= 11 is 6.15. The molecule has 3 rings (SSSR count). The molecule has 1 N–H and O–H groups in total. The van der Waals surface area contributed by atoms with Gasteiger partial charge in [-0.05, 0) is 41.8 Å². The normalized spacial score (nSPS) is 13.3. The van der Waals surface area contributed by atoms with E-state index in [1.807, 2.05) is 0 Å². The fourth-order valence-electron chi connectivity index (χ4n) is 2.60. The van der Waals surface area contributed by atoms with Crippen LogP contribution < -0.4 is 4.90 Å². The van der Waals surface area contributed by atoms with E-state index in [4.69, 9.17) is 16.7 Å². The van der Waals surface area contributed by atoms with Crippen molar-refractivity contribution in [3.8, 4) is 0 Å². The predicted octanol–water partition coefficient (Wildman–Crippen LogP) is 3.74. The Morgan fingerprint density at radius 2 is 2.10 bits per heavy atom. The van der Waals surface area contributed by atoms with Crippen LogP contribution in [0.25, 0.3) is 0 Å². The Morgan fingerprint density at radius 3 is 2.81 bits per heavy atom. The van der Waals surface area contributed by atoms with Crippen LogP contribution in [0.5, 0.6) is 0 Å². The van der Waals surface area contributed by atoms with Gasteiger partial charge in [0.1, 0.15) is 5.82 Å². The summed E-state index contributed by atoms with van der Waals surface area (Å²) in [7, 11) is 0. The van der Waals surface area contributed by atoms with Gasteiger partial charge in [-0.25, -0.2) is 9.18 Å². The van der Waals surface area contributed by atoms with Gasteiger partial charge in [-0.15, -0.1) is 0 Å². The minimum absolute atomic E-state index is 0.164. The van der Waals surface area contributed by atoms with E-state index < -0.39 is 5.97 Å². The summed E-state index contributed by atoms with van der Waals surface area (Å²) < 4.78 is 13.4. The zero-order valence-corrected chi connectivity index (χ0v) is 11.9. The van der Waals surface area contributed by atoms with E-state index in [1.165, 1.54) is 24.3 Å². The largest absolute Gasteiger partial charge is 0.478 e. The van der Waals surface area contributed by atoms with Gasteiger partial charge in [-0.2, -0.15) is 0 Å². The molecule has 2 aromatic rings. The maximum absolute atomic E-state index is 13.4. The first-order valence-corrected chi connectivity index (χ1v) is 6.97. The number of carbonyl (C=O) groups is 1. The van der Waals surface area contributed by atoms with Crippen LogP contribution in [-0.2, 0) is 13.0 Å². The molecule has 0 atom stereocenters. The van der Waals surface area contributed by atoms with Crippen LogP contribution >= 0.6 is 11.6 Å². The molecule has 0 spiro atoms. The van der Waals surface area contributed by atoms with E-state index in [0.717, 1.165) is 29.8 Å². The van der Waals surface area contributed by atoms with Crippen LogP contribution in [0.2, 0.25) is 5.02 Å². The molecule has 1 aliphatic rings. The van der Waals surface area contributed by atoms with Crippen LogP contribution in [0.3, 0.4) is 0 Å². The summed E-state index contributed by atoms with van der Waals surface area (Å²) in [6.45, 7) is 1.34. The van der Waals surface area contributed by atoms with Crippen LogP contribution in [0, 0.1) is 5.82 Å². The number of benzene rings is 2. The molecule has 0 bridgehead atoms. The van der Waals surface area contributed by atoms with Gasteiger partial charge in [0, 0.05) is 23.8 Å². The molecule has 0 aromatic heterocycles. The first-order valence-electron chi connectivity index (χ1n) is 6.59. The number of hydrogen-bond donors (Lipinski definition) is 1. The van der Waals surface area contributed by atoms with Gasteiger partial charge in [0.15, 0.2) is 0 Å². The van der Waals surface area contributed by atoms with Crippen molar-refractivity contribution in [1.29, 1.82) is 0 Å². The van der Waals surface area contributed by atoms with Crippen molar-refractivity contribution in [2.45, 2.75) is 13.0 Å².